The molecule has 0 bridgehead atoms. The van der Waals surface area contributed by atoms with Gasteiger partial charge >= 0.3 is 5.97 Å². The van der Waals surface area contributed by atoms with E-state index in [-0.39, 0.29) is 17.9 Å². The summed E-state index contributed by atoms with van der Waals surface area (Å²) in [5, 5.41) is 9.60. The van der Waals surface area contributed by atoms with Crippen molar-refractivity contribution in [2.45, 2.75) is 6.42 Å². The van der Waals surface area contributed by atoms with Gasteiger partial charge < -0.3 is 15.6 Å². The second kappa shape index (κ2) is 5.91. The van der Waals surface area contributed by atoms with Crippen molar-refractivity contribution in [2.75, 3.05) is 12.3 Å². The Labute approximate surface area is 111 Å². The monoisotopic (exact) mass is 257 g/mol. The Bertz CT molecular complexity index is 567. The first-order chi connectivity index (χ1) is 9.16. The van der Waals surface area contributed by atoms with Crippen molar-refractivity contribution in [1.29, 1.82) is 0 Å². The fraction of sp³-hybridized carbons (Fsp3) is 0.133. The highest BCUT2D eigenvalue weighted by atomic mass is 16.5. The van der Waals surface area contributed by atoms with E-state index >= 15 is 0 Å². The molecule has 0 fully saturated rings. The predicted octanol–water partition coefficient (Wildman–Crippen LogP) is 2.37. The summed E-state index contributed by atoms with van der Waals surface area (Å²) in [6, 6.07) is 14.1. The fourth-order valence-electron chi connectivity index (χ4n) is 1.71. The van der Waals surface area contributed by atoms with E-state index in [0.29, 0.717) is 12.1 Å². The summed E-state index contributed by atoms with van der Waals surface area (Å²) in [5.74, 6) is -0.710. The van der Waals surface area contributed by atoms with Gasteiger partial charge in [0.1, 0.15) is 11.3 Å². The molecule has 0 aliphatic carbocycles. The zero-order valence-corrected chi connectivity index (χ0v) is 10.4. The maximum atomic E-state index is 11.7. The molecule has 0 aliphatic heterocycles. The number of hydrogen-bond acceptors (Lipinski definition) is 4. The fourth-order valence-corrected chi connectivity index (χ4v) is 1.71. The Balaban J connectivity index is 1.91. The van der Waals surface area contributed by atoms with Gasteiger partial charge in [-0.3, -0.25) is 0 Å². The van der Waals surface area contributed by atoms with E-state index in [2.05, 4.69) is 0 Å². The van der Waals surface area contributed by atoms with Gasteiger partial charge in [0, 0.05) is 18.2 Å². The van der Waals surface area contributed by atoms with Crippen LogP contribution in [0.4, 0.5) is 5.69 Å². The number of rotatable bonds is 4. The zero-order chi connectivity index (χ0) is 13.7. The Morgan fingerprint density at radius 3 is 2.58 bits per heavy atom. The first-order valence-electron chi connectivity index (χ1n) is 5.96. The molecule has 3 N–H and O–H groups in total. The van der Waals surface area contributed by atoms with Crippen molar-refractivity contribution < 1.29 is 14.6 Å². The van der Waals surface area contributed by atoms with Gasteiger partial charge in [-0.1, -0.05) is 30.3 Å². The Kier molecular flexibility index (Phi) is 4.03. The summed E-state index contributed by atoms with van der Waals surface area (Å²) < 4.78 is 5.11. The topological polar surface area (TPSA) is 72.6 Å². The molecule has 98 valence electrons. The third-order valence-corrected chi connectivity index (χ3v) is 2.71. The van der Waals surface area contributed by atoms with Crippen molar-refractivity contribution in [2.24, 2.45) is 0 Å². The third-order valence-electron chi connectivity index (χ3n) is 2.71. The van der Waals surface area contributed by atoms with Gasteiger partial charge in [-0.25, -0.2) is 4.79 Å². The van der Waals surface area contributed by atoms with Crippen LogP contribution >= 0.6 is 0 Å². The van der Waals surface area contributed by atoms with Crippen LogP contribution in [0.15, 0.2) is 48.5 Å². The van der Waals surface area contributed by atoms with Crippen LogP contribution in [0, 0.1) is 0 Å². The lowest BCUT2D eigenvalue weighted by Gasteiger charge is -2.07. The number of carbonyl (C=O) groups is 1. The SMILES string of the molecule is Nc1ccc(C(=O)OCCc2ccccc2)c(O)c1. The molecule has 0 spiro atoms. The highest BCUT2D eigenvalue weighted by Crippen LogP contribution is 2.20. The van der Waals surface area contributed by atoms with Crippen molar-refractivity contribution in [3.63, 3.8) is 0 Å². The van der Waals surface area contributed by atoms with Crippen LogP contribution < -0.4 is 5.73 Å². The van der Waals surface area contributed by atoms with Gasteiger partial charge in [-0.2, -0.15) is 0 Å². The smallest absolute Gasteiger partial charge is 0.341 e. The molecule has 4 heteroatoms. The molecule has 0 atom stereocenters. The summed E-state index contributed by atoms with van der Waals surface area (Å²) in [6.07, 6.45) is 0.641. The van der Waals surface area contributed by atoms with Crippen LogP contribution in [-0.2, 0) is 11.2 Å². The van der Waals surface area contributed by atoms with E-state index in [1.807, 2.05) is 30.3 Å². The van der Waals surface area contributed by atoms with Crippen LogP contribution in [0.1, 0.15) is 15.9 Å². The normalized spacial score (nSPS) is 10.1. The molecule has 4 nitrogen and oxygen atoms in total. The van der Waals surface area contributed by atoms with Gasteiger partial charge in [-0.15, -0.1) is 0 Å². The van der Waals surface area contributed by atoms with Crippen LogP contribution in [0.5, 0.6) is 5.75 Å². The quantitative estimate of drug-likeness (QED) is 0.651. The Hall–Kier alpha value is -2.49. The van der Waals surface area contributed by atoms with Crippen LogP contribution in [-0.4, -0.2) is 17.7 Å². The minimum absolute atomic E-state index is 0.127. The number of nitrogen functional groups attached to an aromatic ring is 1. The van der Waals surface area contributed by atoms with Crippen LogP contribution in [0.25, 0.3) is 0 Å². The number of phenols is 1. The highest BCUT2D eigenvalue weighted by molar-refractivity contribution is 5.92. The average Bonchev–Trinajstić information content (AvgIpc) is 2.39. The minimum atomic E-state index is -0.548. The number of aromatic hydroxyl groups is 1. The molecule has 0 aromatic heterocycles. The molecule has 0 radical (unpaired) electrons. The lowest BCUT2D eigenvalue weighted by Crippen LogP contribution is -2.08. The minimum Gasteiger partial charge on any atom is -0.507 e. The first-order valence-corrected chi connectivity index (χ1v) is 5.96. The zero-order valence-electron chi connectivity index (χ0n) is 10.4. The second-order valence-electron chi connectivity index (χ2n) is 4.15. The average molecular weight is 257 g/mol. The van der Waals surface area contributed by atoms with Crippen molar-refractivity contribution >= 4 is 11.7 Å². The standard InChI is InChI=1S/C15H15NO3/c16-12-6-7-13(14(17)10-12)15(18)19-9-8-11-4-2-1-3-5-11/h1-7,10,17H,8-9,16H2. The highest BCUT2D eigenvalue weighted by Gasteiger charge is 2.12. The molecule has 0 saturated heterocycles. The molecular weight excluding hydrogens is 242 g/mol. The third kappa shape index (κ3) is 3.48. The number of anilines is 1. The van der Waals surface area contributed by atoms with Gasteiger partial charge in [0.2, 0.25) is 0 Å². The lowest BCUT2D eigenvalue weighted by molar-refractivity contribution is 0.0506. The van der Waals surface area contributed by atoms with Crippen molar-refractivity contribution in [3.8, 4) is 5.75 Å². The summed E-state index contributed by atoms with van der Waals surface area (Å²) in [6.45, 7) is 0.270. The van der Waals surface area contributed by atoms with Crippen molar-refractivity contribution in [1.82, 2.24) is 0 Å². The Morgan fingerprint density at radius 1 is 1.16 bits per heavy atom. The van der Waals surface area contributed by atoms with Crippen LogP contribution in [0.3, 0.4) is 0 Å². The summed E-state index contributed by atoms with van der Waals surface area (Å²) in [7, 11) is 0. The van der Waals surface area contributed by atoms with Gasteiger partial charge in [0.05, 0.1) is 6.61 Å². The van der Waals surface area contributed by atoms with E-state index < -0.39 is 5.97 Å². The molecule has 0 amide bonds. The van der Waals surface area contributed by atoms with E-state index in [4.69, 9.17) is 10.5 Å². The van der Waals surface area contributed by atoms with Gasteiger partial charge in [0.15, 0.2) is 0 Å². The number of nitrogens with two attached hydrogens (primary N) is 1. The van der Waals surface area contributed by atoms with E-state index in [9.17, 15) is 9.90 Å². The molecule has 0 unspecified atom stereocenters. The number of benzene rings is 2. The predicted molar refractivity (Wildman–Crippen MR) is 72.9 cm³/mol. The Morgan fingerprint density at radius 2 is 1.89 bits per heavy atom. The summed E-state index contributed by atoms with van der Waals surface area (Å²) in [4.78, 5) is 11.7. The van der Waals surface area contributed by atoms with Crippen LogP contribution in [0.2, 0.25) is 0 Å². The molecule has 0 heterocycles. The second-order valence-corrected chi connectivity index (χ2v) is 4.15. The molecular formula is C15H15NO3. The molecule has 2 rings (SSSR count). The molecule has 19 heavy (non-hydrogen) atoms. The molecule has 0 aliphatic rings. The summed E-state index contributed by atoms with van der Waals surface area (Å²) >= 11 is 0. The largest absolute Gasteiger partial charge is 0.507 e. The van der Waals surface area contributed by atoms with E-state index in [1.54, 1.807) is 6.07 Å². The van der Waals surface area contributed by atoms with E-state index in [1.165, 1.54) is 12.1 Å². The molecule has 2 aromatic carbocycles. The number of carbonyl (C=O) groups excluding carboxylic acids is 1. The number of phenolic OH excluding ortho intramolecular Hbond substituents is 1. The maximum Gasteiger partial charge on any atom is 0.341 e. The molecule has 0 saturated carbocycles. The lowest BCUT2D eigenvalue weighted by atomic mass is 10.1. The maximum absolute atomic E-state index is 11.7. The number of esters is 1. The first kappa shape index (κ1) is 13.0. The van der Waals surface area contributed by atoms with Gasteiger partial charge in [0.25, 0.3) is 0 Å². The van der Waals surface area contributed by atoms with E-state index in [0.717, 1.165) is 5.56 Å². The molecule has 2 aromatic rings. The summed E-state index contributed by atoms with van der Waals surface area (Å²) in [5.41, 5.74) is 7.11. The van der Waals surface area contributed by atoms with Crippen molar-refractivity contribution in [3.05, 3.63) is 59.7 Å². The number of hydrogen-bond donors (Lipinski definition) is 2. The van der Waals surface area contributed by atoms with Gasteiger partial charge in [-0.05, 0) is 17.7 Å². The number of ether oxygens (including phenoxy) is 1.